The van der Waals surface area contributed by atoms with E-state index in [0.717, 1.165) is 13.0 Å². The van der Waals surface area contributed by atoms with Gasteiger partial charge in [-0.2, -0.15) is 0 Å². The van der Waals surface area contributed by atoms with Gasteiger partial charge in [0.1, 0.15) is 0 Å². The second-order valence-electron chi connectivity index (χ2n) is 5.86. The van der Waals surface area contributed by atoms with Crippen LogP contribution in [0.15, 0.2) is 18.2 Å². The number of hydrogen-bond acceptors (Lipinski definition) is 2. The molecule has 1 aliphatic carbocycles. The minimum Gasteiger partial charge on any atom is -0.385 e. The van der Waals surface area contributed by atoms with Gasteiger partial charge >= 0.3 is 0 Å². The predicted molar refractivity (Wildman–Crippen MR) is 74.5 cm³/mol. The van der Waals surface area contributed by atoms with Crippen molar-refractivity contribution in [2.75, 3.05) is 11.9 Å². The second kappa shape index (κ2) is 5.09. The SMILES string of the molecule is CC(C)(N)CCNc1ccc2c(c1)CCCC2. The van der Waals surface area contributed by atoms with Gasteiger partial charge in [0, 0.05) is 17.8 Å². The maximum Gasteiger partial charge on any atom is 0.0343 e. The molecule has 0 amide bonds. The van der Waals surface area contributed by atoms with Crippen LogP contribution in [0, 0.1) is 0 Å². The Morgan fingerprint density at radius 1 is 1.18 bits per heavy atom. The number of benzene rings is 1. The van der Waals surface area contributed by atoms with E-state index in [2.05, 4.69) is 37.4 Å². The topological polar surface area (TPSA) is 38.0 Å². The largest absolute Gasteiger partial charge is 0.385 e. The predicted octanol–water partition coefficient (Wildman–Crippen LogP) is 3.10. The summed E-state index contributed by atoms with van der Waals surface area (Å²) in [6, 6.07) is 6.80. The molecule has 3 N–H and O–H groups in total. The summed E-state index contributed by atoms with van der Waals surface area (Å²) in [7, 11) is 0. The molecule has 0 heterocycles. The van der Waals surface area contributed by atoms with E-state index >= 15 is 0 Å². The molecule has 0 aliphatic heterocycles. The smallest absolute Gasteiger partial charge is 0.0343 e. The van der Waals surface area contributed by atoms with Gasteiger partial charge in [-0.05, 0) is 69.2 Å². The summed E-state index contributed by atoms with van der Waals surface area (Å²) in [5.74, 6) is 0. The van der Waals surface area contributed by atoms with Crippen LogP contribution >= 0.6 is 0 Å². The van der Waals surface area contributed by atoms with Gasteiger partial charge in [0.25, 0.3) is 0 Å². The molecule has 0 fully saturated rings. The van der Waals surface area contributed by atoms with Gasteiger partial charge in [0.05, 0.1) is 0 Å². The molecule has 2 rings (SSSR count). The molecule has 2 heteroatoms. The van der Waals surface area contributed by atoms with Crippen LogP contribution in [0.2, 0.25) is 0 Å². The molecule has 0 unspecified atom stereocenters. The molecule has 17 heavy (non-hydrogen) atoms. The Morgan fingerprint density at radius 3 is 2.59 bits per heavy atom. The average molecular weight is 232 g/mol. The van der Waals surface area contributed by atoms with Crippen LogP contribution in [0.25, 0.3) is 0 Å². The van der Waals surface area contributed by atoms with Crippen molar-refractivity contribution < 1.29 is 0 Å². The zero-order valence-electron chi connectivity index (χ0n) is 11.1. The third kappa shape index (κ3) is 3.74. The van der Waals surface area contributed by atoms with Crippen LogP contribution in [-0.2, 0) is 12.8 Å². The fraction of sp³-hybridized carbons (Fsp3) is 0.600. The van der Waals surface area contributed by atoms with E-state index in [1.165, 1.54) is 36.9 Å². The van der Waals surface area contributed by atoms with Crippen LogP contribution < -0.4 is 11.1 Å². The van der Waals surface area contributed by atoms with Crippen LogP contribution in [0.3, 0.4) is 0 Å². The number of nitrogens with one attached hydrogen (secondary N) is 1. The zero-order chi connectivity index (χ0) is 12.3. The quantitative estimate of drug-likeness (QED) is 0.837. The monoisotopic (exact) mass is 232 g/mol. The normalized spacial score (nSPS) is 15.5. The van der Waals surface area contributed by atoms with Crippen molar-refractivity contribution in [2.45, 2.75) is 51.5 Å². The molecular formula is C15H24N2. The van der Waals surface area contributed by atoms with Gasteiger partial charge < -0.3 is 11.1 Å². The molecule has 1 aliphatic rings. The Bertz CT molecular complexity index is 377. The molecule has 1 aromatic rings. The number of fused-ring (bicyclic) bond motifs is 1. The van der Waals surface area contributed by atoms with Crippen LogP contribution in [0.5, 0.6) is 0 Å². The molecule has 2 nitrogen and oxygen atoms in total. The summed E-state index contributed by atoms with van der Waals surface area (Å²) >= 11 is 0. The molecule has 1 aromatic carbocycles. The summed E-state index contributed by atoms with van der Waals surface area (Å²) in [4.78, 5) is 0. The summed E-state index contributed by atoms with van der Waals surface area (Å²) < 4.78 is 0. The van der Waals surface area contributed by atoms with Gasteiger partial charge in [-0.3, -0.25) is 0 Å². The molecular weight excluding hydrogens is 208 g/mol. The number of hydrogen-bond donors (Lipinski definition) is 2. The van der Waals surface area contributed by atoms with E-state index in [0.29, 0.717) is 0 Å². The fourth-order valence-electron chi connectivity index (χ4n) is 2.37. The lowest BCUT2D eigenvalue weighted by Crippen LogP contribution is -2.34. The molecule has 0 atom stereocenters. The first-order valence-corrected chi connectivity index (χ1v) is 6.69. The Hall–Kier alpha value is -1.02. The van der Waals surface area contributed by atoms with Crippen molar-refractivity contribution in [3.63, 3.8) is 0 Å². The van der Waals surface area contributed by atoms with E-state index in [1.807, 2.05) is 0 Å². The highest BCUT2D eigenvalue weighted by molar-refractivity contribution is 5.49. The number of nitrogens with two attached hydrogens (primary N) is 1. The summed E-state index contributed by atoms with van der Waals surface area (Å²) in [5, 5.41) is 3.47. The third-order valence-electron chi connectivity index (χ3n) is 3.45. The average Bonchev–Trinajstić information content (AvgIpc) is 2.27. The Balaban J connectivity index is 1.93. The minimum atomic E-state index is -0.0821. The summed E-state index contributed by atoms with van der Waals surface area (Å²) in [6.07, 6.45) is 6.18. The van der Waals surface area contributed by atoms with E-state index < -0.39 is 0 Å². The molecule has 0 bridgehead atoms. The second-order valence-corrected chi connectivity index (χ2v) is 5.86. The minimum absolute atomic E-state index is 0.0821. The first-order valence-electron chi connectivity index (χ1n) is 6.69. The van der Waals surface area contributed by atoms with Crippen molar-refractivity contribution >= 4 is 5.69 Å². The number of anilines is 1. The van der Waals surface area contributed by atoms with E-state index in [1.54, 1.807) is 5.56 Å². The van der Waals surface area contributed by atoms with Gasteiger partial charge in [-0.25, -0.2) is 0 Å². The molecule has 0 radical (unpaired) electrons. The number of rotatable bonds is 4. The molecule has 0 aromatic heterocycles. The lowest BCUT2D eigenvalue weighted by atomic mass is 9.91. The lowest BCUT2D eigenvalue weighted by molar-refractivity contribution is 0.491. The highest BCUT2D eigenvalue weighted by Crippen LogP contribution is 2.24. The first-order chi connectivity index (χ1) is 8.04. The van der Waals surface area contributed by atoms with Crippen molar-refractivity contribution in [1.29, 1.82) is 0 Å². The molecule has 0 spiro atoms. The van der Waals surface area contributed by atoms with Crippen molar-refractivity contribution in [3.05, 3.63) is 29.3 Å². The van der Waals surface area contributed by atoms with E-state index in [-0.39, 0.29) is 5.54 Å². The Morgan fingerprint density at radius 2 is 1.88 bits per heavy atom. The Kier molecular flexibility index (Phi) is 3.72. The maximum absolute atomic E-state index is 5.97. The van der Waals surface area contributed by atoms with Crippen LogP contribution in [0.1, 0.15) is 44.2 Å². The highest BCUT2D eigenvalue weighted by atomic mass is 14.9. The molecule has 94 valence electrons. The summed E-state index contributed by atoms with van der Waals surface area (Å²) in [6.45, 7) is 5.09. The lowest BCUT2D eigenvalue weighted by Gasteiger charge is -2.20. The fourth-order valence-corrected chi connectivity index (χ4v) is 2.37. The van der Waals surface area contributed by atoms with E-state index in [9.17, 15) is 0 Å². The standard InChI is InChI=1S/C15H24N2/c1-15(2,16)9-10-17-14-8-7-12-5-3-4-6-13(12)11-14/h7-8,11,17H,3-6,9-10,16H2,1-2H3. The third-order valence-corrected chi connectivity index (χ3v) is 3.45. The first kappa shape index (κ1) is 12.4. The summed E-state index contributed by atoms with van der Waals surface area (Å²) in [5.41, 5.74) is 10.2. The van der Waals surface area contributed by atoms with Crippen LogP contribution in [0.4, 0.5) is 5.69 Å². The van der Waals surface area contributed by atoms with Crippen molar-refractivity contribution in [1.82, 2.24) is 0 Å². The van der Waals surface area contributed by atoms with Crippen molar-refractivity contribution in [2.24, 2.45) is 5.73 Å². The molecule has 0 saturated heterocycles. The highest BCUT2D eigenvalue weighted by Gasteiger charge is 2.11. The molecule has 0 saturated carbocycles. The zero-order valence-corrected chi connectivity index (χ0v) is 11.1. The van der Waals surface area contributed by atoms with Gasteiger partial charge in [0.2, 0.25) is 0 Å². The Labute approximate surface area is 105 Å². The van der Waals surface area contributed by atoms with Crippen molar-refractivity contribution in [3.8, 4) is 0 Å². The van der Waals surface area contributed by atoms with Gasteiger partial charge in [-0.15, -0.1) is 0 Å². The van der Waals surface area contributed by atoms with Gasteiger partial charge in [0.15, 0.2) is 0 Å². The van der Waals surface area contributed by atoms with E-state index in [4.69, 9.17) is 5.73 Å². The number of aryl methyl sites for hydroxylation is 2. The van der Waals surface area contributed by atoms with Crippen LogP contribution in [-0.4, -0.2) is 12.1 Å². The van der Waals surface area contributed by atoms with Gasteiger partial charge in [-0.1, -0.05) is 6.07 Å². The maximum atomic E-state index is 5.97.